The van der Waals surface area contributed by atoms with E-state index in [1.165, 1.54) is 44.3 Å². The minimum absolute atomic E-state index is 0.572. The summed E-state index contributed by atoms with van der Waals surface area (Å²) in [5.74, 6) is 1.16. The quantitative estimate of drug-likeness (QED) is 0.917. The first-order valence-corrected chi connectivity index (χ1v) is 8.48. The summed E-state index contributed by atoms with van der Waals surface area (Å²) in [6.07, 6.45) is 7.46. The highest BCUT2D eigenvalue weighted by Gasteiger charge is 2.34. The Hall–Kier alpha value is -1.13. The average molecular weight is 286 g/mol. The third-order valence-electron chi connectivity index (χ3n) is 5.21. The Morgan fingerprint density at radius 1 is 1.24 bits per heavy atom. The molecule has 1 saturated carbocycles. The van der Waals surface area contributed by atoms with Crippen LogP contribution in [0.4, 0.5) is 5.82 Å². The topological polar surface area (TPSA) is 31.4 Å². The molecule has 0 radical (unpaired) electrons. The molecule has 114 valence electrons. The summed E-state index contributed by atoms with van der Waals surface area (Å²) in [5, 5.41) is 3.55. The van der Waals surface area contributed by atoms with E-state index in [0.717, 1.165) is 31.0 Å². The normalized spacial score (nSPS) is 29.7. The molecule has 1 aromatic rings. The molecule has 1 aliphatic carbocycles. The van der Waals surface area contributed by atoms with Crippen LogP contribution < -0.4 is 10.2 Å². The predicted octanol–water partition coefficient (Wildman–Crippen LogP) is 2.01. The van der Waals surface area contributed by atoms with Crippen LogP contribution in [0.5, 0.6) is 0 Å². The average Bonchev–Trinajstić information content (AvgIpc) is 3.23. The minimum atomic E-state index is 0.572. The highest BCUT2D eigenvalue weighted by molar-refractivity contribution is 5.42. The van der Waals surface area contributed by atoms with Gasteiger partial charge >= 0.3 is 0 Å². The molecule has 2 saturated heterocycles. The number of anilines is 1. The van der Waals surface area contributed by atoms with Gasteiger partial charge < -0.3 is 10.2 Å². The maximum Gasteiger partial charge on any atom is 0.128 e. The Morgan fingerprint density at radius 2 is 2.14 bits per heavy atom. The van der Waals surface area contributed by atoms with E-state index in [9.17, 15) is 0 Å². The molecule has 0 aromatic carbocycles. The molecular formula is C17H26N4. The smallest absolute Gasteiger partial charge is 0.128 e. The molecule has 3 fully saturated rings. The van der Waals surface area contributed by atoms with Crippen molar-refractivity contribution in [3.8, 4) is 0 Å². The molecule has 0 amide bonds. The Labute approximate surface area is 127 Å². The van der Waals surface area contributed by atoms with E-state index in [2.05, 4.69) is 40.4 Å². The molecule has 3 heterocycles. The zero-order chi connectivity index (χ0) is 14.2. The summed E-state index contributed by atoms with van der Waals surface area (Å²) < 4.78 is 0. The summed E-state index contributed by atoms with van der Waals surface area (Å²) in [4.78, 5) is 9.90. The molecule has 1 aromatic heterocycles. The highest BCUT2D eigenvalue weighted by atomic mass is 15.3. The SMILES string of the molecule is CC1CN2CCCC2CN1c1ccc(CNC2CC2)cn1. The van der Waals surface area contributed by atoms with Gasteiger partial charge in [-0.05, 0) is 50.8 Å². The van der Waals surface area contributed by atoms with E-state index in [1.54, 1.807) is 0 Å². The van der Waals surface area contributed by atoms with Crippen molar-refractivity contribution in [2.75, 3.05) is 24.5 Å². The van der Waals surface area contributed by atoms with Crippen molar-refractivity contribution in [1.82, 2.24) is 15.2 Å². The fourth-order valence-electron chi connectivity index (χ4n) is 3.75. The van der Waals surface area contributed by atoms with Crippen LogP contribution in [0.15, 0.2) is 18.3 Å². The standard InChI is InChI=1S/C17H26N4/c1-13-11-20-8-2-3-16(20)12-21(13)17-7-4-14(10-19-17)9-18-15-5-6-15/h4,7,10,13,15-16,18H,2-3,5-6,8-9,11-12H2,1H3. The van der Waals surface area contributed by atoms with Crippen molar-refractivity contribution in [2.24, 2.45) is 0 Å². The molecule has 21 heavy (non-hydrogen) atoms. The van der Waals surface area contributed by atoms with Crippen LogP contribution in [-0.2, 0) is 6.54 Å². The van der Waals surface area contributed by atoms with E-state index in [-0.39, 0.29) is 0 Å². The van der Waals surface area contributed by atoms with Crippen molar-refractivity contribution in [1.29, 1.82) is 0 Å². The monoisotopic (exact) mass is 286 g/mol. The van der Waals surface area contributed by atoms with Gasteiger partial charge in [-0.2, -0.15) is 0 Å². The zero-order valence-electron chi connectivity index (χ0n) is 13.0. The molecular weight excluding hydrogens is 260 g/mol. The summed E-state index contributed by atoms with van der Waals surface area (Å²) >= 11 is 0. The van der Waals surface area contributed by atoms with Gasteiger partial charge in [0.15, 0.2) is 0 Å². The first-order valence-electron chi connectivity index (χ1n) is 8.48. The lowest BCUT2D eigenvalue weighted by Crippen LogP contribution is -2.55. The van der Waals surface area contributed by atoms with Crippen molar-refractivity contribution in [2.45, 2.75) is 57.3 Å². The van der Waals surface area contributed by atoms with Crippen molar-refractivity contribution >= 4 is 5.82 Å². The lowest BCUT2D eigenvalue weighted by atomic mass is 10.1. The number of fused-ring (bicyclic) bond motifs is 1. The largest absolute Gasteiger partial charge is 0.351 e. The van der Waals surface area contributed by atoms with Gasteiger partial charge in [-0.3, -0.25) is 4.90 Å². The number of nitrogens with zero attached hydrogens (tertiary/aromatic N) is 3. The van der Waals surface area contributed by atoms with Crippen LogP contribution in [0.2, 0.25) is 0 Å². The molecule has 4 heteroatoms. The van der Waals surface area contributed by atoms with Crippen molar-refractivity contribution in [3.63, 3.8) is 0 Å². The fraction of sp³-hybridized carbons (Fsp3) is 0.706. The number of nitrogens with one attached hydrogen (secondary N) is 1. The summed E-state index contributed by atoms with van der Waals surface area (Å²) in [7, 11) is 0. The molecule has 4 nitrogen and oxygen atoms in total. The molecule has 2 atom stereocenters. The Bertz CT molecular complexity index is 482. The number of rotatable bonds is 4. The fourth-order valence-corrected chi connectivity index (χ4v) is 3.75. The van der Waals surface area contributed by atoms with Gasteiger partial charge in [-0.1, -0.05) is 6.07 Å². The molecule has 1 N–H and O–H groups in total. The molecule has 2 unspecified atom stereocenters. The molecule has 4 rings (SSSR count). The van der Waals surface area contributed by atoms with Crippen LogP contribution in [0.1, 0.15) is 38.2 Å². The van der Waals surface area contributed by atoms with E-state index < -0.39 is 0 Å². The second-order valence-corrected chi connectivity index (χ2v) is 6.97. The van der Waals surface area contributed by atoms with Crippen LogP contribution in [-0.4, -0.2) is 47.6 Å². The van der Waals surface area contributed by atoms with E-state index in [4.69, 9.17) is 4.98 Å². The van der Waals surface area contributed by atoms with E-state index in [1.807, 2.05) is 0 Å². The van der Waals surface area contributed by atoms with Crippen molar-refractivity contribution in [3.05, 3.63) is 23.9 Å². The van der Waals surface area contributed by atoms with Crippen LogP contribution in [0.25, 0.3) is 0 Å². The lowest BCUT2D eigenvalue weighted by Gasteiger charge is -2.43. The van der Waals surface area contributed by atoms with Gasteiger partial charge in [0.25, 0.3) is 0 Å². The van der Waals surface area contributed by atoms with Crippen molar-refractivity contribution < 1.29 is 0 Å². The van der Waals surface area contributed by atoms with Gasteiger partial charge in [-0.15, -0.1) is 0 Å². The Balaban J connectivity index is 1.42. The summed E-state index contributed by atoms with van der Waals surface area (Å²) in [6.45, 7) is 6.93. The Morgan fingerprint density at radius 3 is 2.90 bits per heavy atom. The molecule has 3 aliphatic rings. The molecule has 2 aliphatic heterocycles. The number of pyridine rings is 1. The van der Waals surface area contributed by atoms with Crippen LogP contribution in [0.3, 0.4) is 0 Å². The maximum absolute atomic E-state index is 4.73. The Kier molecular flexibility index (Phi) is 3.59. The third-order valence-corrected chi connectivity index (χ3v) is 5.21. The van der Waals surface area contributed by atoms with Gasteiger partial charge in [0, 0.05) is 44.0 Å². The van der Waals surface area contributed by atoms with Gasteiger partial charge in [0.1, 0.15) is 5.82 Å². The second kappa shape index (κ2) is 5.58. The molecule has 0 bridgehead atoms. The summed E-state index contributed by atoms with van der Waals surface area (Å²) in [5.41, 5.74) is 1.30. The molecule has 0 spiro atoms. The third kappa shape index (κ3) is 2.92. The lowest BCUT2D eigenvalue weighted by molar-refractivity contribution is 0.202. The minimum Gasteiger partial charge on any atom is -0.351 e. The van der Waals surface area contributed by atoms with Crippen LogP contribution >= 0.6 is 0 Å². The first kappa shape index (κ1) is 13.5. The van der Waals surface area contributed by atoms with Gasteiger partial charge in [0.2, 0.25) is 0 Å². The predicted molar refractivity (Wildman–Crippen MR) is 85.5 cm³/mol. The van der Waals surface area contributed by atoms with E-state index >= 15 is 0 Å². The second-order valence-electron chi connectivity index (χ2n) is 6.97. The summed E-state index contributed by atoms with van der Waals surface area (Å²) in [6, 6.07) is 6.54. The van der Waals surface area contributed by atoms with Gasteiger partial charge in [-0.25, -0.2) is 4.98 Å². The zero-order valence-corrected chi connectivity index (χ0v) is 13.0. The number of hydrogen-bond donors (Lipinski definition) is 1. The van der Waals surface area contributed by atoms with Gasteiger partial charge in [0.05, 0.1) is 0 Å². The first-order chi connectivity index (χ1) is 10.3. The van der Waals surface area contributed by atoms with E-state index in [0.29, 0.717) is 6.04 Å². The number of piperazine rings is 1. The highest BCUT2D eigenvalue weighted by Crippen LogP contribution is 2.27. The maximum atomic E-state index is 4.73. The number of hydrogen-bond acceptors (Lipinski definition) is 4. The number of aromatic nitrogens is 1. The van der Waals surface area contributed by atoms with Crippen LogP contribution in [0, 0.1) is 0 Å².